The molecular weight excluding hydrogens is 447 g/mol. The standard InChI is InChI=1S/C25H41IO/c1-16(2)6-5-7-17-8-9-20-19-15-23(26)22-14-18(27)10-12-25(22,4)21(19)11-13-24(17,20)3/h16-21,27H,5-15H2,1-4H3/t17?,18-,19?,20?,21?,24+,25+/m0/s1/i26+4. The summed E-state index contributed by atoms with van der Waals surface area (Å²) in [5, 5.41) is 10.3. The fourth-order valence-corrected chi connectivity index (χ4v) is 9.41. The highest BCUT2D eigenvalue weighted by Gasteiger charge is 2.59. The van der Waals surface area contributed by atoms with Gasteiger partial charge in [0, 0.05) is 0 Å². The zero-order valence-electron chi connectivity index (χ0n) is 18.1. The normalized spacial score (nSPS) is 47.0. The van der Waals surface area contributed by atoms with Crippen molar-refractivity contribution < 1.29 is 5.11 Å². The summed E-state index contributed by atoms with van der Waals surface area (Å²) in [6, 6.07) is 0. The number of hydrogen-bond acceptors (Lipinski definition) is 1. The Morgan fingerprint density at radius 1 is 1.04 bits per heavy atom. The first-order valence-electron chi connectivity index (χ1n) is 11.8. The maximum Gasteiger partial charge on any atom is 0.0578 e. The van der Waals surface area contributed by atoms with Gasteiger partial charge in [0.25, 0.3) is 0 Å². The fourth-order valence-electron chi connectivity index (χ4n) is 8.07. The molecule has 0 amide bonds. The molecule has 3 saturated carbocycles. The number of halogens is 1. The summed E-state index contributed by atoms with van der Waals surface area (Å²) >= 11 is 2.66. The second-order valence-electron chi connectivity index (χ2n) is 11.4. The van der Waals surface area contributed by atoms with E-state index in [2.05, 4.69) is 50.3 Å². The van der Waals surface area contributed by atoms with E-state index >= 15 is 0 Å². The first-order chi connectivity index (χ1) is 12.8. The molecule has 4 aliphatic rings. The van der Waals surface area contributed by atoms with E-state index in [1.54, 1.807) is 9.15 Å². The Balaban J connectivity index is 1.55. The van der Waals surface area contributed by atoms with Crippen LogP contribution in [0.15, 0.2) is 9.15 Å². The van der Waals surface area contributed by atoms with Crippen LogP contribution >= 0.6 is 22.6 Å². The molecule has 4 aliphatic carbocycles. The van der Waals surface area contributed by atoms with E-state index in [4.69, 9.17) is 0 Å². The molecule has 2 heteroatoms. The molecular formula is C25H41IO. The van der Waals surface area contributed by atoms with Gasteiger partial charge in [0.15, 0.2) is 0 Å². The lowest BCUT2D eigenvalue weighted by Crippen LogP contribution is -2.50. The molecule has 0 aromatic rings. The molecule has 0 aromatic carbocycles. The van der Waals surface area contributed by atoms with Crippen molar-refractivity contribution in [1.82, 2.24) is 0 Å². The van der Waals surface area contributed by atoms with Gasteiger partial charge in [-0.3, -0.25) is 0 Å². The second-order valence-corrected chi connectivity index (χ2v) is 12.7. The molecule has 3 fully saturated rings. The predicted molar refractivity (Wildman–Crippen MR) is 123 cm³/mol. The Morgan fingerprint density at radius 2 is 1.81 bits per heavy atom. The third kappa shape index (κ3) is 3.47. The molecule has 27 heavy (non-hydrogen) atoms. The minimum Gasteiger partial charge on any atom is -0.393 e. The molecule has 1 N–H and O–H groups in total. The summed E-state index contributed by atoms with van der Waals surface area (Å²) in [5.74, 6) is 4.58. The van der Waals surface area contributed by atoms with E-state index in [0.717, 1.165) is 42.4 Å². The summed E-state index contributed by atoms with van der Waals surface area (Å²) in [4.78, 5) is 0. The lowest BCUT2D eigenvalue weighted by molar-refractivity contribution is -0.0513. The van der Waals surface area contributed by atoms with Crippen molar-refractivity contribution >= 4 is 22.6 Å². The van der Waals surface area contributed by atoms with Gasteiger partial charge in [-0.25, -0.2) is 0 Å². The van der Waals surface area contributed by atoms with Crippen LogP contribution in [-0.4, -0.2) is 11.2 Å². The van der Waals surface area contributed by atoms with E-state index < -0.39 is 0 Å². The average Bonchev–Trinajstić information content (AvgIpc) is 2.93. The van der Waals surface area contributed by atoms with E-state index in [9.17, 15) is 5.11 Å². The highest BCUT2D eigenvalue weighted by atomic mass is 131. The van der Waals surface area contributed by atoms with E-state index in [-0.39, 0.29) is 6.10 Å². The van der Waals surface area contributed by atoms with E-state index in [1.165, 1.54) is 57.8 Å². The molecule has 7 atom stereocenters. The van der Waals surface area contributed by atoms with Gasteiger partial charge < -0.3 is 5.11 Å². The second kappa shape index (κ2) is 7.60. The Labute approximate surface area is 181 Å². The van der Waals surface area contributed by atoms with Crippen LogP contribution in [0.3, 0.4) is 0 Å². The maximum atomic E-state index is 10.3. The molecule has 0 aliphatic heterocycles. The molecule has 4 rings (SSSR count). The third-order valence-corrected chi connectivity index (χ3v) is 10.7. The summed E-state index contributed by atoms with van der Waals surface area (Å²) in [6.07, 6.45) is 14.7. The summed E-state index contributed by atoms with van der Waals surface area (Å²) < 4.78 is 1.63. The maximum absolute atomic E-state index is 10.3. The van der Waals surface area contributed by atoms with Crippen molar-refractivity contribution in [1.29, 1.82) is 0 Å². The van der Waals surface area contributed by atoms with Crippen LogP contribution in [0.2, 0.25) is 0 Å². The number of rotatable bonds is 4. The zero-order valence-corrected chi connectivity index (χ0v) is 20.2. The van der Waals surface area contributed by atoms with Crippen LogP contribution in [0.1, 0.15) is 98.3 Å². The number of fused-ring (bicyclic) bond motifs is 5. The minimum absolute atomic E-state index is 0.0833. The Bertz CT molecular complexity index is 595. The lowest BCUT2D eigenvalue weighted by atomic mass is 9.47. The van der Waals surface area contributed by atoms with Crippen molar-refractivity contribution in [2.24, 2.45) is 40.4 Å². The molecule has 0 spiro atoms. The summed E-state index contributed by atoms with van der Waals surface area (Å²) in [6.45, 7) is 10.0. The average molecular weight is 489 g/mol. The van der Waals surface area contributed by atoms with Crippen molar-refractivity contribution in [3.63, 3.8) is 0 Å². The Morgan fingerprint density at radius 3 is 2.56 bits per heavy atom. The van der Waals surface area contributed by atoms with Crippen LogP contribution in [-0.2, 0) is 0 Å². The van der Waals surface area contributed by atoms with E-state index in [0.29, 0.717) is 10.8 Å². The molecule has 0 bridgehead atoms. The third-order valence-electron chi connectivity index (χ3n) is 9.65. The van der Waals surface area contributed by atoms with Crippen LogP contribution in [0.5, 0.6) is 0 Å². The van der Waals surface area contributed by atoms with Gasteiger partial charge in [-0.05, 0) is 124 Å². The number of aliphatic hydroxyl groups excluding tert-OH is 1. The van der Waals surface area contributed by atoms with Crippen molar-refractivity contribution in [2.45, 2.75) is 104 Å². The summed E-state index contributed by atoms with van der Waals surface area (Å²) in [5.41, 5.74) is 2.64. The number of aliphatic hydroxyl groups is 1. The van der Waals surface area contributed by atoms with Crippen LogP contribution in [0, 0.1) is 40.4 Å². The van der Waals surface area contributed by atoms with Gasteiger partial charge >= 0.3 is 0 Å². The predicted octanol–water partition coefficient (Wildman–Crippen LogP) is 7.52. The monoisotopic (exact) mass is 488 g/mol. The number of allylic oxidation sites excluding steroid dienone is 1. The molecule has 0 aromatic heterocycles. The zero-order chi connectivity index (χ0) is 19.4. The van der Waals surface area contributed by atoms with Gasteiger partial charge in [-0.2, -0.15) is 0 Å². The molecule has 0 saturated heterocycles. The highest BCUT2D eigenvalue weighted by Crippen LogP contribution is 2.68. The highest BCUT2D eigenvalue weighted by molar-refractivity contribution is 14.1. The largest absolute Gasteiger partial charge is 0.393 e. The van der Waals surface area contributed by atoms with Crippen molar-refractivity contribution in [2.75, 3.05) is 0 Å². The van der Waals surface area contributed by atoms with Gasteiger partial charge in [0.2, 0.25) is 0 Å². The summed E-state index contributed by atoms with van der Waals surface area (Å²) in [7, 11) is 0. The van der Waals surface area contributed by atoms with Crippen LogP contribution in [0.4, 0.5) is 0 Å². The number of hydrogen-bond donors (Lipinski definition) is 1. The van der Waals surface area contributed by atoms with Crippen molar-refractivity contribution in [3.8, 4) is 0 Å². The Hall–Kier alpha value is 0.430. The molecule has 154 valence electrons. The molecule has 1 nitrogen and oxygen atoms in total. The van der Waals surface area contributed by atoms with Crippen LogP contribution in [0.25, 0.3) is 0 Å². The fraction of sp³-hybridized carbons (Fsp3) is 0.920. The smallest absolute Gasteiger partial charge is 0.0578 e. The van der Waals surface area contributed by atoms with Gasteiger partial charge in [0.05, 0.1) is 6.10 Å². The van der Waals surface area contributed by atoms with Crippen LogP contribution < -0.4 is 0 Å². The van der Waals surface area contributed by atoms with Gasteiger partial charge in [0.1, 0.15) is 0 Å². The quantitative estimate of drug-likeness (QED) is 0.406. The van der Waals surface area contributed by atoms with E-state index in [1.807, 2.05) is 0 Å². The van der Waals surface area contributed by atoms with Gasteiger partial charge in [-0.1, -0.05) is 46.1 Å². The Kier molecular flexibility index (Phi) is 5.82. The van der Waals surface area contributed by atoms with Crippen molar-refractivity contribution in [3.05, 3.63) is 9.15 Å². The molecule has 4 unspecified atom stereocenters. The first-order valence-corrected chi connectivity index (χ1v) is 12.9. The first kappa shape index (κ1) is 20.7. The lowest BCUT2D eigenvalue weighted by Gasteiger charge is -2.58. The molecule has 0 heterocycles. The van der Waals surface area contributed by atoms with Gasteiger partial charge in [-0.15, -0.1) is 0 Å². The topological polar surface area (TPSA) is 20.2 Å². The minimum atomic E-state index is -0.0833. The molecule has 0 radical (unpaired) electrons. The SMILES string of the molecule is CC(C)CCCC1CCC2C3CC([131I])=C4C[C@@H](O)CC[C@]4(C)C3CC[C@]12C.